The van der Waals surface area contributed by atoms with Gasteiger partial charge >= 0.3 is 0 Å². The van der Waals surface area contributed by atoms with Crippen LogP contribution in [0.2, 0.25) is 0 Å². The second-order valence-electron chi connectivity index (χ2n) is 5.33. The van der Waals surface area contributed by atoms with E-state index in [9.17, 15) is 5.26 Å². The molecule has 0 saturated heterocycles. The number of thiazole rings is 1. The van der Waals surface area contributed by atoms with Gasteiger partial charge in [-0.1, -0.05) is 30.3 Å². The second-order valence-corrected chi connectivity index (χ2v) is 6.22. The van der Waals surface area contributed by atoms with Gasteiger partial charge in [-0.05, 0) is 30.2 Å². The van der Waals surface area contributed by atoms with Gasteiger partial charge in [0.05, 0.1) is 12.1 Å². The van der Waals surface area contributed by atoms with Gasteiger partial charge in [0.2, 0.25) is 0 Å². The molecule has 0 unspecified atom stereocenters. The molecule has 5 heteroatoms. The van der Waals surface area contributed by atoms with Gasteiger partial charge in [0, 0.05) is 29.7 Å². The molecule has 0 N–H and O–H groups in total. The van der Waals surface area contributed by atoms with Crippen LogP contribution in [0.5, 0.6) is 0 Å². The molecule has 118 valence electrons. The largest absolute Gasteiger partial charge is 0.283 e. The van der Waals surface area contributed by atoms with Crippen molar-refractivity contribution >= 4 is 17.6 Å². The number of aromatic nitrogens is 2. The number of hydrogen-bond donors (Lipinski definition) is 0. The van der Waals surface area contributed by atoms with E-state index in [0.717, 1.165) is 21.8 Å². The quantitative estimate of drug-likeness (QED) is 0.654. The van der Waals surface area contributed by atoms with E-state index in [0.29, 0.717) is 0 Å². The lowest BCUT2D eigenvalue weighted by Crippen LogP contribution is -2.02. The Morgan fingerprint density at radius 2 is 1.83 bits per heavy atom. The van der Waals surface area contributed by atoms with Crippen LogP contribution in [0.15, 0.2) is 65.2 Å². The van der Waals surface area contributed by atoms with Gasteiger partial charge in [-0.25, -0.2) is 4.98 Å². The molecule has 0 aliphatic carbocycles. The average Bonchev–Trinajstić information content (AvgIpc) is 3.06. The van der Waals surface area contributed by atoms with Gasteiger partial charge in [0.25, 0.3) is 0 Å². The zero-order valence-electron chi connectivity index (χ0n) is 13.2. The van der Waals surface area contributed by atoms with Gasteiger partial charge in [-0.15, -0.1) is 11.3 Å². The lowest BCUT2D eigenvalue weighted by molar-refractivity contribution is 0.866. The molecular weight excluding hydrogens is 316 g/mol. The third-order valence-electron chi connectivity index (χ3n) is 3.56. The van der Waals surface area contributed by atoms with E-state index in [2.05, 4.69) is 16.0 Å². The van der Waals surface area contributed by atoms with Crippen LogP contribution in [0.25, 0.3) is 0 Å². The van der Waals surface area contributed by atoms with Crippen molar-refractivity contribution in [1.82, 2.24) is 9.97 Å². The van der Waals surface area contributed by atoms with Crippen molar-refractivity contribution in [2.75, 3.05) is 0 Å². The number of benzene rings is 1. The summed E-state index contributed by atoms with van der Waals surface area (Å²) in [5.41, 5.74) is 3.05. The first-order valence-corrected chi connectivity index (χ1v) is 8.45. The smallest absolute Gasteiger partial charge is 0.133 e. The monoisotopic (exact) mass is 332 g/mol. The maximum absolute atomic E-state index is 9.46. The topological polar surface area (TPSA) is 61.9 Å². The Hall–Kier alpha value is -2.84. The lowest BCUT2D eigenvalue weighted by Gasteiger charge is -2.13. The number of nitrogens with zero attached hydrogens (tertiary/aromatic N) is 4. The van der Waals surface area contributed by atoms with Crippen LogP contribution in [0.1, 0.15) is 33.8 Å². The summed E-state index contributed by atoms with van der Waals surface area (Å²) in [7, 11) is 0. The highest BCUT2D eigenvalue weighted by atomic mass is 32.1. The fourth-order valence-corrected chi connectivity index (χ4v) is 3.19. The summed E-state index contributed by atoms with van der Waals surface area (Å²) in [6, 6.07) is 16.1. The summed E-state index contributed by atoms with van der Waals surface area (Å²) in [6.07, 6.45) is 5.22. The molecule has 2 aromatic heterocycles. The normalized spacial score (nSPS) is 13.5. The van der Waals surface area contributed by atoms with E-state index in [1.54, 1.807) is 18.6 Å². The van der Waals surface area contributed by atoms with Crippen molar-refractivity contribution in [3.63, 3.8) is 0 Å². The first kappa shape index (κ1) is 16.0. The van der Waals surface area contributed by atoms with Crippen molar-refractivity contribution in [2.45, 2.75) is 18.9 Å². The van der Waals surface area contributed by atoms with Crippen LogP contribution in [0.4, 0.5) is 0 Å². The van der Waals surface area contributed by atoms with Crippen molar-refractivity contribution in [2.24, 2.45) is 4.99 Å². The van der Waals surface area contributed by atoms with Crippen molar-refractivity contribution in [3.05, 3.63) is 82.1 Å². The van der Waals surface area contributed by atoms with Gasteiger partial charge in [-0.2, -0.15) is 5.26 Å². The highest BCUT2D eigenvalue weighted by molar-refractivity contribution is 7.09. The van der Waals surface area contributed by atoms with Gasteiger partial charge in [0.15, 0.2) is 0 Å². The third-order valence-corrected chi connectivity index (χ3v) is 4.61. The van der Waals surface area contributed by atoms with Crippen molar-refractivity contribution in [1.29, 1.82) is 5.26 Å². The number of rotatable bonds is 5. The molecule has 3 aromatic rings. The summed E-state index contributed by atoms with van der Waals surface area (Å²) in [5, 5.41) is 12.2. The molecule has 0 aliphatic heterocycles. The SMILES string of the molecule is Cc1csc([C@@H](C#N)C=N[C@@H](c2ccccc2)c2ccncc2)n1. The average molecular weight is 332 g/mol. The molecular formula is C19H16N4S. The van der Waals surface area contributed by atoms with E-state index in [1.807, 2.05) is 54.8 Å². The highest BCUT2D eigenvalue weighted by Gasteiger charge is 2.15. The van der Waals surface area contributed by atoms with Crippen molar-refractivity contribution < 1.29 is 0 Å². The predicted molar refractivity (Wildman–Crippen MR) is 96.2 cm³/mol. The summed E-state index contributed by atoms with van der Waals surface area (Å²) < 4.78 is 0. The van der Waals surface area contributed by atoms with Crippen LogP contribution < -0.4 is 0 Å². The Kier molecular flexibility index (Phi) is 5.09. The zero-order chi connectivity index (χ0) is 16.8. The van der Waals surface area contributed by atoms with Crippen LogP contribution in [-0.2, 0) is 0 Å². The molecule has 2 heterocycles. The number of nitriles is 1. The molecule has 0 spiro atoms. The maximum atomic E-state index is 9.46. The minimum absolute atomic E-state index is 0.161. The second kappa shape index (κ2) is 7.62. The number of aryl methyl sites for hydroxylation is 1. The van der Waals surface area contributed by atoms with Gasteiger partial charge in [0.1, 0.15) is 10.9 Å². The van der Waals surface area contributed by atoms with E-state index in [1.165, 1.54) is 11.3 Å². The van der Waals surface area contributed by atoms with Crippen LogP contribution in [-0.4, -0.2) is 16.2 Å². The first-order chi connectivity index (χ1) is 11.8. The first-order valence-electron chi connectivity index (χ1n) is 7.57. The summed E-state index contributed by atoms with van der Waals surface area (Å²) in [4.78, 5) is 13.2. The Morgan fingerprint density at radius 3 is 2.46 bits per heavy atom. The molecule has 2 atom stereocenters. The lowest BCUT2D eigenvalue weighted by atomic mass is 10.0. The predicted octanol–water partition coefficient (Wildman–Crippen LogP) is 4.31. The van der Waals surface area contributed by atoms with E-state index < -0.39 is 5.92 Å². The molecule has 0 radical (unpaired) electrons. The molecule has 0 bridgehead atoms. The molecule has 0 aliphatic rings. The Morgan fingerprint density at radius 1 is 1.12 bits per heavy atom. The number of aliphatic imine (C=N–C) groups is 1. The minimum atomic E-state index is -0.434. The Labute approximate surface area is 145 Å². The van der Waals surface area contributed by atoms with Gasteiger partial charge in [-0.3, -0.25) is 9.98 Å². The van der Waals surface area contributed by atoms with Crippen LogP contribution in [0, 0.1) is 18.3 Å². The Balaban J connectivity index is 1.93. The molecule has 24 heavy (non-hydrogen) atoms. The molecule has 0 saturated carbocycles. The van der Waals surface area contributed by atoms with E-state index in [4.69, 9.17) is 4.99 Å². The molecule has 3 rings (SSSR count). The standard InChI is InChI=1S/C19H16N4S/c1-14-13-24-19(23-14)17(11-20)12-22-18(15-5-3-2-4-6-15)16-7-9-21-10-8-16/h2-10,12-13,17-18H,1H3/t17-,18-/m0/s1. The summed E-state index contributed by atoms with van der Waals surface area (Å²) in [6.45, 7) is 1.93. The third kappa shape index (κ3) is 3.73. The van der Waals surface area contributed by atoms with Crippen molar-refractivity contribution in [3.8, 4) is 6.07 Å². The molecule has 0 amide bonds. The fourth-order valence-electron chi connectivity index (χ4n) is 2.39. The fraction of sp³-hybridized carbons (Fsp3) is 0.158. The van der Waals surface area contributed by atoms with E-state index >= 15 is 0 Å². The summed E-state index contributed by atoms with van der Waals surface area (Å²) in [5.74, 6) is -0.434. The molecule has 1 aromatic carbocycles. The Bertz CT molecular complexity index is 810. The number of pyridine rings is 1. The molecule has 0 fully saturated rings. The highest BCUT2D eigenvalue weighted by Crippen LogP contribution is 2.26. The maximum Gasteiger partial charge on any atom is 0.133 e. The number of hydrogen-bond acceptors (Lipinski definition) is 5. The summed E-state index contributed by atoms with van der Waals surface area (Å²) >= 11 is 1.49. The molecule has 4 nitrogen and oxygen atoms in total. The van der Waals surface area contributed by atoms with Gasteiger partial charge < -0.3 is 0 Å². The van der Waals surface area contributed by atoms with Crippen LogP contribution >= 0.6 is 11.3 Å². The van der Waals surface area contributed by atoms with E-state index in [-0.39, 0.29) is 6.04 Å². The zero-order valence-corrected chi connectivity index (χ0v) is 14.0. The minimum Gasteiger partial charge on any atom is -0.283 e. The van der Waals surface area contributed by atoms with Crippen LogP contribution in [0.3, 0.4) is 0 Å².